The van der Waals surface area contributed by atoms with Crippen LogP contribution in [0.2, 0.25) is 0 Å². The molecule has 33 heavy (non-hydrogen) atoms. The summed E-state index contributed by atoms with van der Waals surface area (Å²) in [6, 6.07) is 0. The average Bonchev–Trinajstić information content (AvgIpc) is 2.97. The van der Waals surface area contributed by atoms with Crippen LogP contribution < -0.4 is 5.32 Å². The van der Waals surface area contributed by atoms with Gasteiger partial charge in [0.2, 0.25) is 5.91 Å². The first-order valence-electron chi connectivity index (χ1n) is 11.3. The van der Waals surface area contributed by atoms with Crippen molar-refractivity contribution in [1.82, 2.24) is 5.32 Å². The zero-order valence-electron chi connectivity index (χ0n) is 20.6. The summed E-state index contributed by atoms with van der Waals surface area (Å²) in [4.78, 5) is 47.9. The van der Waals surface area contributed by atoms with Gasteiger partial charge in [0.1, 0.15) is 6.10 Å². The summed E-state index contributed by atoms with van der Waals surface area (Å²) in [7, 11) is 0. The number of esters is 2. The zero-order valence-corrected chi connectivity index (χ0v) is 20.6. The molecular weight excluding hydrogens is 422 g/mol. The molecule has 182 valence electrons. The molecule has 1 N–H and O–H groups in total. The summed E-state index contributed by atoms with van der Waals surface area (Å²) >= 11 is 0. The van der Waals surface area contributed by atoms with Gasteiger partial charge in [0, 0.05) is 37.8 Å². The lowest BCUT2D eigenvalue weighted by Gasteiger charge is -2.27. The van der Waals surface area contributed by atoms with Crippen LogP contribution in [-0.4, -0.2) is 40.9 Å². The highest BCUT2D eigenvalue weighted by Crippen LogP contribution is 2.34. The van der Waals surface area contributed by atoms with Crippen LogP contribution in [0, 0.1) is 0 Å². The SMILES string of the molecule is CCC/C=C\C[C@]1(OC(C)=O)C=CC(=O)/C1=C/C=C/[C@@H](CCC(=O)NC(C)(C)C)OC(C)=O. The van der Waals surface area contributed by atoms with Gasteiger partial charge < -0.3 is 14.8 Å². The van der Waals surface area contributed by atoms with Gasteiger partial charge in [0.15, 0.2) is 11.4 Å². The second kappa shape index (κ2) is 12.9. The van der Waals surface area contributed by atoms with Gasteiger partial charge in [-0.1, -0.05) is 37.6 Å². The van der Waals surface area contributed by atoms with Gasteiger partial charge in [0.25, 0.3) is 0 Å². The second-order valence-electron chi connectivity index (χ2n) is 9.09. The molecule has 0 bridgehead atoms. The highest BCUT2D eigenvalue weighted by molar-refractivity contribution is 6.09. The number of nitrogens with one attached hydrogen (secondary N) is 1. The Morgan fingerprint density at radius 3 is 2.42 bits per heavy atom. The molecule has 0 fully saturated rings. The van der Waals surface area contributed by atoms with E-state index < -0.39 is 23.6 Å². The number of allylic oxidation sites excluding steroid dienone is 4. The molecule has 0 radical (unpaired) electrons. The number of ketones is 1. The fraction of sp³-hybridized carbons (Fsp3) is 0.538. The summed E-state index contributed by atoms with van der Waals surface area (Å²) < 4.78 is 10.9. The largest absolute Gasteiger partial charge is 0.458 e. The Morgan fingerprint density at radius 2 is 1.85 bits per heavy atom. The van der Waals surface area contributed by atoms with Gasteiger partial charge in [0.05, 0.1) is 0 Å². The third-order valence-electron chi connectivity index (χ3n) is 4.67. The summed E-state index contributed by atoms with van der Waals surface area (Å²) in [5.74, 6) is -1.36. The van der Waals surface area contributed by atoms with E-state index in [4.69, 9.17) is 9.47 Å². The molecule has 0 aliphatic heterocycles. The average molecular weight is 460 g/mol. The molecule has 0 saturated carbocycles. The predicted octanol–water partition coefficient (Wildman–Crippen LogP) is 4.28. The Morgan fingerprint density at radius 1 is 1.15 bits per heavy atom. The molecule has 0 saturated heterocycles. The molecule has 1 amide bonds. The summed E-state index contributed by atoms with van der Waals surface area (Å²) in [6.07, 6.45) is 13.8. The maximum Gasteiger partial charge on any atom is 0.303 e. The van der Waals surface area contributed by atoms with Crippen LogP contribution >= 0.6 is 0 Å². The van der Waals surface area contributed by atoms with Crippen molar-refractivity contribution in [1.29, 1.82) is 0 Å². The van der Waals surface area contributed by atoms with E-state index in [0.717, 1.165) is 12.8 Å². The normalized spacial score (nSPS) is 20.5. The number of rotatable bonds is 11. The van der Waals surface area contributed by atoms with E-state index in [-0.39, 0.29) is 23.7 Å². The number of hydrogen-bond acceptors (Lipinski definition) is 6. The third-order valence-corrected chi connectivity index (χ3v) is 4.67. The summed E-state index contributed by atoms with van der Waals surface area (Å²) in [6.45, 7) is 10.3. The van der Waals surface area contributed by atoms with E-state index >= 15 is 0 Å². The molecule has 0 aromatic rings. The lowest BCUT2D eigenvalue weighted by atomic mass is 9.91. The van der Waals surface area contributed by atoms with Crippen molar-refractivity contribution in [2.75, 3.05) is 0 Å². The molecular formula is C26H37NO6. The molecule has 1 rings (SSSR count). The fourth-order valence-electron chi connectivity index (χ4n) is 3.37. The van der Waals surface area contributed by atoms with Crippen molar-refractivity contribution in [3.8, 4) is 0 Å². The van der Waals surface area contributed by atoms with E-state index in [9.17, 15) is 19.2 Å². The molecule has 7 heteroatoms. The smallest absolute Gasteiger partial charge is 0.303 e. The molecule has 1 aliphatic carbocycles. The fourth-order valence-corrected chi connectivity index (χ4v) is 3.37. The Kier molecular flexibility index (Phi) is 11.0. The Hall–Kier alpha value is -2.96. The number of unbranched alkanes of at least 4 members (excludes halogenated alkanes) is 1. The van der Waals surface area contributed by atoms with Crippen molar-refractivity contribution in [2.45, 2.75) is 90.9 Å². The standard InChI is InChI=1S/C26H37NO6/c1-7-8-9-10-17-26(33-20(3)29)18-16-23(30)22(26)13-11-12-21(32-19(2)28)14-15-24(31)27-25(4,5)6/h9-13,16,18,21H,7-8,14-15,17H2,1-6H3,(H,27,31)/b10-9-,12-11+,22-13-/t21-,26-/m0/s1. The van der Waals surface area contributed by atoms with Gasteiger partial charge in [-0.15, -0.1) is 0 Å². The maximum absolute atomic E-state index is 12.5. The first-order valence-corrected chi connectivity index (χ1v) is 11.3. The monoisotopic (exact) mass is 459 g/mol. The van der Waals surface area contributed by atoms with E-state index in [0.29, 0.717) is 18.4 Å². The number of ether oxygens (including phenoxy) is 2. The predicted molar refractivity (Wildman–Crippen MR) is 127 cm³/mol. The minimum Gasteiger partial charge on any atom is -0.458 e. The first kappa shape index (κ1) is 28.1. The highest BCUT2D eigenvalue weighted by atomic mass is 16.6. The Bertz CT molecular complexity index is 843. The Balaban J connectivity index is 3.04. The lowest BCUT2D eigenvalue weighted by molar-refractivity contribution is -0.149. The molecule has 0 heterocycles. The molecule has 7 nitrogen and oxygen atoms in total. The van der Waals surface area contributed by atoms with Crippen molar-refractivity contribution in [2.24, 2.45) is 0 Å². The van der Waals surface area contributed by atoms with Gasteiger partial charge >= 0.3 is 11.9 Å². The summed E-state index contributed by atoms with van der Waals surface area (Å²) in [5, 5.41) is 2.87. The Labute approximate surface area is 197 Å². The quantitative estimate of drug-likeness (QED) is 0.281. The van der Waals surface area contributed by atoms with Crippen molar-refractivity contribution in [3.05, 3.63) is 48.1 Å². The second-order valence-corrected chi connectivity index (χ2v) is 9.09. The van der Waals surface area contributed by atoms with Crippen LogP contribution in [0.25, 0.3) is 0 Å². The van der Waals surface area contributed by atoms with Crippen LogP contribution in [0.1, 0.15) is 73.6 Å². The van der Waals surface area contributed by atoms with Crippen LogP contribution in [0.5, 0.6) is 0 Å². The van der Waals surface area contributed by atoms with E-state index in [1.807, 2.05) is 32.9 Å². The zero-order chi connectivity index (χ0) is 25.1. The minimum atomic E-state index is -1.17. The van der Waals surface area contributed by atoms with Crippen LogP contribution in [0.4, 0.5) is 0 Å². The van der Waals surface area contributed by atoms with Crippen molar-refractivity contribution in [3.63, 3.8) is 0 Å². The van der Waals surface area contributed by atoms with Crippen LogP contribution in [0.3, 0.4) is 0 Å². The molecule has 1 aliphatic rings. The van der Waals surface area contributed by atoms with Gasteiger partial charge in [-0.05, 0) is 51.8 Å². The summed E-state index contributed by atoms with van der Waals surface area (Å²) in [5.41, 5.74) is -1.20. The number of carbonyl (C=O) groups excluding carboxylic acids is 4. The number of amides is 1. The van der Waals surface area contributed by atoms with Crippen LogP contribution in [0.15, 0.2) is 48.1 Å². The minimum absolute atomic E-state index is 0.144. The molecule has 0 aromatic carbocycles. The number of carbonyl (C=O) groups is 4. The van der Waals surface area contributed by atoms with Crippen molar-refractivity contribution >= 4 is 23.6 Å². The van der Waals surface area contributed by atoms with Gasteiger partial charge in [-0.2, -0.15) is 0 Å². The van der Waals surface area contributed by atoms with Gasteiger partial charge in [-0.25, -0.2) is 0 Å². The maximum atomic E-state index is 12.5. The topological polar surface area (TPSA) is 98.8 Å². The van der Waals surface area contributed by atoms with E-state index in [1.54, 1.807) is 24.3 Å². The molecule has 0 spiro atoms. The number of hydrogen-bond donors (Lipinski definition) is 1. The van der Waals surface area contributed by atoms with Crippen LogP contribution in [-0.2, 0) is 28.7 Å². The van der Waals surface area contributed by atoms with E-state index in [1.165, 1.54) is 19.9 Å². The first-order chi connectivity index (χ1) is 15.4. The molecule has 0 unspecified atom stereocenters. The lowest BCUT2D eigenvalue weighted by Crippen LogP contribution is -2.40. The van der Waals surface area contributed by atoms with Gasteiger partial charge in [-0.3, -0.25) is 19.2 Å². The van der Waals surface area contributed by atoms with E-state index in [2.05, 4.69) is 12.2 Å². The van der Waals surface area contributed by atoms with Crippen molar-refractivity contribution < 1.29 is 28.7 Å². The molecule has 2 atom stereocenters. The third kappa shape index (κ3) is 10.5. The highest BCUT2D eigenvalue weighted by Gasteiger charge is 2.41. The molecule has 0 aromatic heterocycles.